The summed E-state index contributed by atoms with van der Waals surface area (Å²) in [6, 6.07) is 6.69. The van der Waals surface area contributed by atoms with Gasteiger partial charge in [-0.3, -0.25) is 9.59 Å². The molecule has 0 radical (unpaired) electrons. The number of carbonyl (C=O) groups excluding carboxylic acids is 2. The first-order valence-corrected chi connectivity index (χ1v) is 6.61. The predicted molar refractivity (Wildman–Crippen MR) is 75.3 cm³/mol. The van der Waals surface area contributed by atoms with Crippen LogP contribution in [0.15, 0.2) is 24.3 Å². The van der Waals surface area contributed by atoms with Gasteiger partial charge in [-0.2, -0.15) is 0 Å². The van der Waals surface area contributed by atoms with Gasteiger partial charge in [-0.05, 0) is 43.1 Å². The van der Waals surface area contributed by atoms with E-state index in [0.717, 1.165) is 13.0 Å². The summed E-state index contributed by atoms with van der Waals surface area (Å²) in [7, 11) is 0. The highest BCUT2D eigenvalue weighted by Crippen LogP contribution is 2.19. The molecule has 1 aliphatic heterocycles. The Morgan fingerprint density at radius 3 is 2.65 bits per heavy atom. The molecule has 108 valence electrons. The van der Waals surface area contributed by atoms with Crippen LogP contribution in [0.1, 0.15) is 13.3 Å². The van der Waals surface area contributed by atoms with Crippen molar-refractivity contribution in [3.8, 4) is 5.75 Å². The fraction of sp³-hybridized carbons (Fsp3) is 0.429. The van der Waals surface area contributed by atoms with E-state index in [-0.39, 0.29) is 18.6 Å². The maximum Gasteiger partial charge on any atom is 0.255 e. The van der Waals surface area contributed by atoms with E-state index in [1.54, 1.807) is 24.3 Å². The number of amides is 2. The van der Waals surface area contributed by atoms with Crippen LogP contribution < -0.4 is 21.1 Å². The summed E-state index contributed by atoms with van der Waals surface area (Å²) in [5, 5.41) is 6.04. The summed E-state index contributed by atoms with van der Waals surface area (Å²) >= 11 is 0. The Hall–Kier alpha value is -2.08. The molecule has 2 rings (SSSR count). The van der Waals surface area contributed by atoms with Crippen LogP contribution in [0.25, 0.3) is 0 Å². The number of ether oxygens (including phenoxy) is 1. The van der Waals surface area contributed by atoms with Crippen LogP contribution in [0, 0.1) is 5.92 Å². The first kappa shape index (κ1) is 14.3. The highest BCUT2D eigenvalue weighted by Gasteiger charge is 2.29. The number of hydrogen-bond donors (Lipinski definition) is 3. The first-order valence-electron chi connectivity index (χ1n) is 6.61. The van der Waals surface area contributed by atoms with Gasteiger partial charge >= 0.3 is 0 Å². The van der Waals surface area contributed by atoms with Crippen LogP contribution >= 0.6 is 0 Å². The van der Waals surface area contributed by atoms with E-state index in [9.17, 15) is 9.59 Å². The molecule has 20 heavy (non-hydrogen) atoms. The lowest BCUT2D eigenvalue weighted by molar-refractivity contribution is -0.120. The number of nitrogens with two attached hydrogens (primary N) is 1. The average Bonchev–Trinajstić information content (AvgIpc) is 2.84. The lowest BCUT2D eigenvalue weighted by Crippen LogP contribution is -2.39. The molecule has 0 aliphatic carbocycles. The van der Waals surface area contributed by atoms with Gasteiger partial charge in [0, 0.05) is 5.69 Å². The van der Waals surface area contributed by atoms with Crippen LogP contribution in [-0.4, -0.2) is 31.0 Å². The Morgan fingerprint density at radius 1 is 1.40 bits per heavy atom. The minimum absolute atomic E-state index is 0.0270. The maximum absolute atomic E-state index is 12.1. The molecule has 2 amide bonds. The summed E-state index contributed by atoms with van der Waals surface area (Å²) in [6.45, 7) is 2.78. The van der Waals surface area contributed by atoms with Crippen molar-refractivity contribution in [2.45, 2.75) is 19.4 Å². The van der Waals surface area contributed by atoms with Crippen molar-refractivity contribution in [3.05, 3.63) is 24.3 Å². The quantitative estimate of drug-likeness (QED) is 0.730. The fourth-order valence-corrected chi connectivity index (χ4v) is 2.19. The molecule has 0 aromatic heterocycles. The molecule has 0 saturated carbocycles. The SMILES string of the molecule is CC1CCNC1C(=O)Nc1ccc(OCC(N)=O)cc1. The lowest BCUT2D eigenvalue weighted by Gasteiger charge is -2.15. The Balaban J connectivity index is 1.90. The van der Waals surface area contributed by atoms with Crippen molar-refractivity contribution < 1.29 is 14.3 Å². The van der Waals surface area contributed by atoms with Crippen LogP contribution in [0.4, 0.5) is 5.69 Å². The number of primary amides is 1. The highest BCUT2D eigenvalue weighted by atomic mass is 16.5. The molecule has 0 spiro atoms. The van der Waals surface area contributed by atoms with Gasteiger partial charge < -0.3 is 21.1 Å². The van der Waals surface area contributed by atoms with Gasteiger partial charge in [0.05, 0.1) is 6.04 Å². The molecule has 6 nitrogen and oxygen atoms in total. The molecular weight excluding hydrogens is 258 g/mol. The van der Waals surface area contributed by atoms with Crippen molar-refractivity contribution in [2.24, 2.45) is 11.7 Å². The van der Waals surface area contributed by atoms with E-state index in [0.29, 0.717) is 17.4 Å². The van der Waals surface area contributed by atoms with Crippen LogP contribution in [0.5, 0.6) is 5.75 Å². The summed E-state index contributed by atoms with van der Waals surface area (Å²) in [6.07, 6.45) is 1.01. The Bertz CT molecular complexity index is 487. The lowest BCUT2D eigenvalue weighted by atomic mass is 10.0. The molecular formula is C14H19N3O3. The number of hydrogen-bond acceptors (Lipinski definition) is 4. The maximum atomic E-state index is 12.1. The Kier molecular flexibility index (Phi) is 4.57. The number of nitrogens with one attached hydrogen (secondary N) is 2. The molecule has 1 aliphatic rings. The largest absolute Gasteiger partial charge is 0.484 e. The summed E-state index contributed by atoms with van der Waals surface area (Å²) in [5.74, 6) is 0.326. The summed E-state index contributed by atoms with van der Waals surface area (Å²) in [5.41, 5.74) is 5.69. The topological polar surface area (TPSA) is 93.4 Å². The molecule has 1 aromatic rings. The molecule has 1 aromatic carbocycles. The summed E-state index contributed by atoms with van der Waals surface area (Å²) in [4.78, 5) is 22.7. The van der Waals surface area contributed by atoms with Crippen LogP contribution in [0.3, 0.4) is 0 Å². The predicted octanol–water partition coefficient (Wildman–Crippen LogP) is 0.487. The molecule has 2 unspecified atom stereocenters. The van der Waals surface area contributed by atoms with E-state index < -0.39 is 5.91 Å². The van der Waals surface area contributed by atoms with Crippen LogP contribution in [-0.2, 0) is 9.59 Å². The van der Waals surface area contributed by atoms with E-state index in [4.69, 9.17) is 10.5 Å². The van der Waals surface area contributed by atoms with E-state index in [1.165, 1.54) is 0 Å². The average molecular weight is 277 g/mol. The zero-order chi connectivity index (χ0) is 14.5. The molecule has 1 heterocycles. The van der Waals surface area contributed by atoms with Gasteiger partial charge in [0.2, 0.25) is 5.91 Å². The second-order valence-corrected chi connectivity index (χ2v) is 4.97. The number of carbonyl (C=O) groups is 2. The van der Waals surface area contributed by atoms with Gasteiger partial charge in [0.25, 0.3) is 5.91 Å². The second kappa shape index (κ2) is 6.38. The molecule has 2 atom stereocenters. The van der Waals surface area contributed by atoms with Crippen molar-refractivity contribution in [1.29, 1.82) is 0 Å². The smallest absolute Gasteiger partial charge is 0.255 e. The van der Waals surface area contributed by atoms with E-state index in [2.05, 4.69) is 17.6 Å². The minimum atomic E-state index is -0.524. The zero-order valence-electron chi connectivity index (χ0n) is 11.4. The van der Waals surface area contributed by atoms with Crippen molar-refractivity contribution in [2.75, 3.05) is 18.5 Å². The molecule has 1 fully saturated rings. The molecule has 6 heteroatoms. The number of anilines is 1. The monoisotopic (exact) mass is 277 g/mol. The summed E-state index contributed by atoms with van der Waals surface area (Å²) < 4.78 is 5.14. The second-order valence-electron chi connectivity index (χ2n) is 4.97. The Morgan fingerprint density at radius 2 is 2.10 bits per heavy atom. The molecule has 4 N–H and O–H groups in total. The number of benzene rings is 1. The highest BCUT2D eigenvalue weighted by molar-refractivity contribution is 5.95. The van der Waals surface area contributed by atoms with Crippen molar-refractivity contribution in [1.82, 2.24) is 5.32 Å². The van der Waals surface area contributed by atoms with Gasteiger partial charge in [0.15, 0.2) is 6.61 Å². The standard InChI is InChI=1S/C14H19N3O3/c1-9-6-7-16-13(9)14(19)17-10-2-4-11(5-3-10)20-8-12(15)18/h2-5,9,13,16H,6-8H2,1H3,(H2,15,18)(H,17,19). The van der Waals surface area contributed by atoms with Gasteiger partial charge in [-0.25, -0.2) is 0 Å². The number of rotatable bonds is 5. The zero-order valence-corrected chi connectivity index (χ0v) is 11.4. The third-order valence-electron chi connectivity index (χ3n) is 3.32. The normalized spacial score (nSPS) is 21.4. The third kappa shape index (κ3) is 3.71. The van der Waals surface area contributed by atoms with Crippen molar-refractivity contribution in [3.63, 3.8) is 0 Å². The van der Waals surface area contributed by atoms with Crippen LogP contribution in [0.2, 0.25) is 0 Å². The van der Waals surface area contributed by atoms with E-state index >= 15 is 0 Å². The first-order chi connectivity index (χ1) is 9.56. The van der Waals surface area contributed by atoms with Gasteiger partial charge in [-0.1, -0.05) is 6.92 Å². The van der Waals surface area contributed by atoms with Crippen molar-refractivity contribution >= 4 is 17.5 Å². The third-order valence-corrected chi connectivity index (χ3v) is 3.32. The van der Waals surface area contributed by atoms with E-state index in [1.807, 2.05) is 0 Å². The van der Waals surface area contributed by atoms with Gasteiger partial charge in [-0.15, -0.1) is 0 Å². The van der Waals surface area contributed by atoms with Gasteiger partial charge in [0.1, 0.15) is 5.75 Å². The fourth-order valence-electron chi connectivity index (χ4n) is 2.19. The minimum Gasteiger partial charge on any atom is -0.484 e. The Labute approximate surface area is 117 Å². The molecule has 1 saturated heterocycles. The molecule has 0 bridgehead atoms.